The van der Waals surface area contributed by atoms with E-state index in [1.165, 1.54) is 0 Å². The van der Waals surface area contributed by atoms with Crippen LogP contribution in [-0.2, 0) is 11.3 Å². The number of rotatable bonds is 8. The number of carbonyl (C=O) groups is 1. The summed E-state index contributed by atoms with van der Waals surface area (Å²) in [5.74, 6) is 1.69. The van der Waals surface area contributed by atoms with Gasteiger partial charge in [-0.2, -0.15) is 0 Å². The maximum Gasteiger partial charge on any atom is 0.220 e. The van der Waals surface area contributed by atoms with E-state index in [1.54, 1.807) is 7.11 Å². The zero-order chi connectivity index (χ0) is 15.0. The van der Waals surface area contributed by atoms with Crippen molar-refractivity contribution >= 4 is 5.91 Å². The van der Waals surface area contributed by atoms with Crippen LogP contribution in [0.25, 0.3) is 0 Å². The van der Waals surface area contributed by atoms with Crippen LogP contribution < -0.4 is 15.8 Å². The molecule has 0 aliphatic rings. The van der Waals surface area contributed by atoms with Gasteiger partial charge < -0.3 is 15.8 Å². The molecule has 112 valence electrons. The molecule has 4 heteroatoms. The summed E-state index contributed by atoms with van der Waals surface area (Å²) in [6, 6.07) is 7.70. The molecule has 0 fully saturated rings. The van der Waals surface area contributed by atoms with Gasteiger partial charge in [-0.15, -0.1) is 0 Å². The van der Waals surface area contributed by atoms with Crippen LogP contribution >= 0.6 is 0 Å². The molecule has 1 aromatic rings. The minimum atomic E-state index is 0.0592. The summed E-state index contributed by atoms with van der Waals surface area (Å²) in [5.41, 5.74) is 6.75. The van der Waals surface area contributed by atoms with Gasteiger partial charge in [-0.05, 0) is 42.5 Å². The second-order valence-electron chi connectivity index (χ2n) is 5.56. The first-order valence-corrected chi connectivity index (χ1v) is 7.14. The van der Waals surface area contributed by atoms with Gasteiger partial charge in [0.2, 0.25) is 5.91 Å². The van der Waals surface area contributed by atoms with Gasteiger partial charge in [0.15, 0.2) is 0 Å². The highest BCUT2D eigenvalue weighted by atomic mass is 16.5. The van der Waals surface area contributed by atoms with Gasteiger partial charge in [0.1, 0.15) is 5.75 Å². The molecule has 1 aromatic carbocycles. The van der Waals surface area contributed by atoms with Crippen molar-refractivity contribution in [3.63, 3.8) is 0 Å². The first kappa shape index (κ1) is 16.5. The fraction of sp³-hybridized carbons (Fsp3) is 0.562. The lowest BCUT2D eigenvalue weighted by Crippen LogP contribution is -2.28. The number of methoxy groups -OCH3 is 1. The van der Waals surface area contributed by atoms with Gasteiger partial charge in [0.25, 0.3) is 0 Å². The van der Waals surface area contributed by atoms with Crippen LogP contribution in [0.15, 0.2) is 24.3 Å². The minimum Gasteiger partial charge on any atom is -0.497 e. The molecule has 20 heavy (non-hydrogen) atoms. The molecule has 0 radical (unpaired) electrons. The smallest absolute Gasteiger partial charge is 0.220 e. The fourth-order valence-corrected chi connectivity index (χ4v) is 2.25. The van der Waals surface area contributed by atoms with E-state index in [0.717, 1.165) is 17.7 Å². The predicted octanol–water partition coefficient (Wildman–Crippen LogP) is 2.32. The van der Waals surface area contributed by atoms with E-state index in [4.69, 9.17) is 10.5 Å². The summed E-state index contributed by atoms with van der Waals surface area (Å²) in [5, 5.41) is 2.94. The van der Waals surface area contributed by atoms with Crippen LogP contribution in [0.1, 0.15) is 32.3 Å². The Hall–Kier alpha value is -1.55. The van der Waals surface area contributed by atoms with Crippen molar-refractivity contribution in [3.8, 4) is 5.75 Å². The summed E-state index contributed by atoms with van der Waals surface area (Å²) in [6.07, 6.45) is 1.49. The van der Waals surface area contributed by atoms with E-state index >= 15 is 0 Å². The highest BCUT2D eigenvalue weighted by molar-refractivity contribution is 5.76. The molecule has 0 aromatic heterocycles. The number of nitrogens with one attached hydrogen (secondary N) is 1. The highest BCUT2D eigenvalue weighted by Crippen LogP contribution is 2.15. The van der Waals surface area contributed by atoms with E-state index in [0.29, 0.717) is 25.4 Å². The monoisotopic (exact) mass is 278 g/mol. The van der Waals surface area contributed by atoms with Gasteiger partial charge in [0.05, 0.1) is 7.11 Å². The van der Waals surface area contributed by atoms with Crippen LogP contribution in [-0.4, -0.2) is 19.6 Å². The third kappa shape index (κ3) is 6.06. The van der Waals surface area contributed by atoms with Crippen LogP contribution in [0.2, 0.25) is 0 Å². The Balaban J connectivity index is 2.42. The third-order valence-electron chi connectivity index (χ3n) is 3.24. The molecular formula is C16H26N2O2. The Bertz CT molecular complexity index is 419. The lowest BCUT2D eigenvalue weighted by Gasteiger charge is -2.16. The van der Waals surface area contributed by atoms with Crippen molar-refractivity contribution in [1.82, 2.24) is 5.32 Å². The maximum absolute atomic E-state index is 11.9. The normalized spacial score (nSPS) is 12.2. The molecule has 0 saturated carbocycles. The summed E-state index contributed by atoms with van der Waals surface area (Å²) in [4.78, 5) is 11.9. The Morgan fingerprint density at radius 2 is 2.15 bits per heavy atom. The number of hydrogen-bond donors (Lipinski definition) is 2. The maximum atomic E-state index is 11.9. The SMILES string of the molecule is COc1cccc(CNC(=O)C[C@@H](CN)CC(C)C)c1. The second-order valence-corrected chi connectivity index (χ2v) is 5.56. The Morgan fingerprint density at radius 1 is 1.40 bits per heavy atom. The number of benzene rings is 1. The van der Waals surface area contributed by atoms with Crippen molar-refractivity contribution in [2.75, 3.05) is 13.7 Å². The van der Waals surface area contributed by atoms with Crippen LogP contribution in [0, 0.1) is 11.8 Å². The van der Waals surface area contributed by atoms with Gasteiger partial charge >= 0.3 is 0 Å². The molecule has 0 saturated heterocycles. The van der Waals surface area contributed by atoms with E-state index in [1.807, 2.05) is 24.3 Å². The first-order valence-electron chi connectivity index (χ1n) is 7.14. The topological polar surface area (TPSA) is 64.3 Å². The van der Waals surface area contributed by atoms with E-state index in [2.05, 4.69) is 19.2 Å². The van der Waals surface area contributed by atoms with E-state index in [9.17, 15) is 4.79 Å². The summed E-state index contributed by atoms with van der Waals surface area (Å²) < 4.78 is 5.16. The van der Waals surface area contributed by atoms with E-state index < -0.39 is 0 Å². The largest absolute Gasteiger partial charge is 0.497 e. The molecule has 0 unspecified atom stereocenters. The van der Waals surface area contributed by atoms with Crippen LogP contribution in [0.4, 0.5) is 0 Å². The molecule has 0 aliphatic heterocycles. The average molecular weight is 278 g/mol. The fourth-order valence-electron chi connectivity index (χ4n) is 2.25. The molecular weight excluding hydrogens is 252 g/mol. The van der Waals surface area contributed by atoms with Crippen molar-refractivity contribution in [2.24, 2.45) is 17.6 Å². The van der Waals surface area contributed by atoms with Crippen molar-refractivity contribution in [1.29, 1.82) is 0 Å². The standard InChI is InChI=1S/C16H26N2O2/c1-12(2)7-14(10-17)9-16(19)18-11-13-5-4-6-15(8-13)20-3/h4-6,8,12,14H,7,9-11,17H2,1-3H3,(H,18,19)/t14-/m0/s1. The van der Waals surface area contributed by atoms with Crippen molar-refractivity contribution in [3.05, 3.63) is 29.8 Å². The summed E-state index contributed by atoms with van der Waals surface area (Å²) in [6.45, 7) is 5.38. The zero-order valence-electron chi connectivity index (χ0n) is 12.7. The molecule has 0 aliphatic carbocycles. The molecule has 0 spiro atoms. The first-order chi connectivity index (χ1) is 9.55. The minimum absolute atomic E-state index is 0.0592. The van der Waals surface area contributed by atoms with Crippen LogP contribution in [0.5, 0.6) is 5.75 Å². The van der Waals surface area contributed by atoms with Crippen molar-refractivity contribution < 1.29 is 9.53 Å². The summed E-state index contributed by atoms with van der Waals surface area (Å²) >= 11 is 0. The molecule has 1 atom stereocenters. The Kier molecular flexibility index (Phi) is 7.09. The molecule has 0 bridgehead atoms. The number of nitrogens with two attached hydrogens (primary N) is 1. The Labute approximate surface area is 121 Å². The Morgan fingerprint density at radius 3 is 2.75 bits per heavy atom. The third-order valence-corrected chi connectivity index (χ3v) is 3.24. The second kappa shape index (κ2) is 8.59. The number of carbonyl (C=O) groups excluding carboxylic acids is 1. The average Bonchev–Trinajstić information content (AvgIpc) is 2.44. The van der Waals surface area contributed by atoms with Gasteiger partial charge in [-0.3, -0.25) is 4.79 Å². The number of amides is 1. The predicted molar refractivity (Wildman–Crippen MR) is 81.5 cm³/mol. The number of ether oxygens (including phenoxy) is 1. The summed E-state index contributed by atoms with van der Waals surface area (Å²) in [7, 11) is 1.63. The zero-order valence-corrected chi connectivity index (χ0v) is 12.7. The molecule has 1 rings (SSSR count). The lowest BCUT2D eigenvalue weighted by atomic mass is 9.94. The highest BCUT2D eigenvalue weighted by Gasteiger charge is 2.13. The van der Waals surface area contributed by atoms with Gasteiger partial charge in [0, 0.05) is 13.0 Å². The van der Waals surface area contributed by atoms with Crippen molar-refractivity contribution in [2.45, 2.75) is 33.2 Å². The lowest BCUT2D eigenvalue weighted by molar-refractivity contribution is -0.122. The molecule has 0 heterocycles. The molecule has 3 N–H and O–H groups in total. The van der Waals surface area contributed by atoms with Crippen LogP contribution in [0.3, 0.4) is 0 Å². The number of hydrogen-bond acceptors (Lipinski definition) is 3. The quantitative estimate of drug-likeness (QED) is 0.767. The molecule has 4 nitrogen and oxygen atoms in total. The van der Waals surface area contributed by atoms with Gasteiger partial charge in [-0.1, -0.05) is 26.0 Å². The molecule has 1 amide bonds. The van der Waals surface area contributed by atoms with Gasteiger partial charge in [-0.25, -0.2) is 0 Å². The van der Waals surface area contributed by atoms with E-state index in [-0.39, 0.29) is 11.8 Å².